The molecule has 2 aromatic rings. The van der Waals surface area contributed by atoms with Crippen molar-refractivity contribution >= 4 is 49.4 Å². The van der Waals surface area contributed by atoms with Crippen molar-refractivity contribution in [3.05, 3.63) is 57.0 Å². The third-order valence-corrected chi connectivity index (χ3v) is 5.35. The highest BCUT2D eigenvalue weighted by molar-refractivity contribution is 9.10. The lowest BCUT2D eigenvalue weighted by Crippen LogP contribution is -2.13. The van der Waals surface area contributed by atoms with E-state index in [9.17, 15) is 18.0 Å². The SMILES string of the molecule is COC(=O)c1ccc(S(=O)(=O)Oc2ccc(Br)cc2C(C)=O)c(Cl)c1. The first-order valence-corrected chi connectivity index (χ1v) is 9.36. The normalized spacial score (nSPS) is 11.0. The van der Waals surface area contributed by atoms with Gasteiger partial charge in [0.1, 0.15) is 4.90 Å². The van der Waals surface area contributed by atoms with E-state index in [0.717, 1.165) is 12.1 Å². The molecule has 0 atom stereocenters. The molecule has 2 rings (SSSR count). The van der Waals surface area contributed by atoms with Crippen molar-refractivity contribution in [2.45, 2.75) is 11.8 Å². The molecule has 0 saturated heterocycles. The number of carbonyl (C=O) groups excluding carboxylic acids is 2. The smallest absolute Gasteiger partial charge is 0.340 e. The Morgan fingerprint density at radius 1 is 1.12 bits per heavy atom. The standard InChI is InChI=1S/C16H12BrClO6S/c1-9(19)12-8-11(17)4-5-14(12)24-25(21,22)15-6-3-10(7-13(15)18)16(20)23-2/h3-8H,1-2H3. The molecule has 0 heterocycles. The average molecular weight is 448 g/mol. The first-order valence-electron chi connectivity index (χ1n) is 6.78. The Kier molecular flexibility index (Phi) is 5.87. The second-order valence-corrected chi connectivity index (χ2v) is 7.71. The van der Waals surface area contributed by atoms with Crippen molar-refractivity contribution in [1.82, 2.24) is 0 Å². The van der Waals surface area contributed by atoms with Gasteiger partial charge >= 0.3 is 16.1 Å². The van der Waals surface area contributed by atoms with Gasteiger partial charge in [-0.15, -0.1) is 0 Å². The fraction of sp³-hybridized carbons (Fsp3) is 0.125. The van der Waals surface area contributed by atoms with Gasteiger partial charge in [0.05, 0.1) is 23.3 Å². The Balaban J connectivity index is 2.44. The van der Waals surface area contributed by atoms with Crippen molar-refractivity contribution in [2.75, 3.05) is 7.11 Å². The second kappa shape index (κ2) is 7.55. The van der Waals surface area contributed by atoms with Crippen LogP contribution in [0.4, 0.5) is 0 Å². The van der Waals surface area contributed by atoms with Crippen LogP contribution in [0.15, 0.2) is 45.8 Å². The molecule has 6 nitrogen and oxygen atoms in total. The summed E-state index contributed by atoms with van der Waals surface area (Å²) in [6.07, 6.45) is 0. The van der Waals surface area contributed by atoms with Crippen LogP contribution in [-0.2, 0) is 14.9 Å². The molecule has 0 bridgehead atoms. The number of hydrogen-bond donors (Lipinski definition) is 0. The summed E-state index contributed by atoms with van der Waals surface area (Å²) in [5, 5.41) is -0.204. The predicted octanol–water partition coefficient (Wildman–Crippen LogP) is 3.86. The topological polar surface area (TPSA) is 86.7 Å². The Labute approximate surface area is 158 Å². The molecule has 9 heteroatoms. The fourth-order valence-electron chi connectivity index (χ4n) is 1.96. The van der Waals surface area contributed by atoms with Gasteiger partial charge < -0.3 is 8.92 Å². The zero-order valence-corrected chi connectivity index (χ0v) is 16.2. The summed E-state index contributed by atoms with van der Waals surface area (Å²) in [5.41, 5.74) is 0.194. The third kappa shape index (κ3) is 4.39. The number of methoxy groups -OCH3 is 1. The van der Waals surface area contributed by atoms with Crippen molar-refractivity contribution in [2.24, 2.45) is 0 Å². The Morgan fingerprint density at radius 3 is 2.36 bits per heavy atom. The van der Waals surface area contributed by atoms with Crippen molar-refractivity contribution in [3.63, 3.8) is 0 Å². The van der Waals surface area contributed by atoms with Crippen molar-refractivity contribution < 1.29 is 26.9 Å². The summed E-state index contributed by atoms with van der Waals surface area (Å²) < 4.78 is 35.2. The molecule has 0 aromatic heterocycles. The monoisotopic (exact) mass is 446 g/mol. The van der Waals surface area contributed by atoms with Gasteiger partial charge in [-0.3, -0.25) is 4.79 Å². The number of benzene rings is 2. The van der Waals surface area contributed by atoms with Crippen molar-refractivity contribution in [3.8, 4) is 5.75 Å². The quantitative estimate of drug-likeness (QED) is 0.393. The van der Waals surface area contributed by atoms with Crippen LogP contribution >= 0.6 is 27.5 Å². The molecule has 0 spiro atoms. The minimum absolute atomic E-state index is 0.0968. The van der Waals surface area contributed by atoms with Crippen LogP contribution in [0.3, 0.4) is 0 Å². The molecule has 0 N–H and O–H groups in total. The van der Waals surface area contributed by atoms with Crippen LogP contribution < -0.4 is 4.18 Å². The maximum Gasteiger partial charge on any atom is 0.340 e. The van der Waals surface area contributed by atoms with E-state index in [1.807, 2.05) is 0 Å². The summed E-state index contributed by atoms with van der Waals surface area (Å²) in [6.45, 7) is 1.29. The van der Waals surface area contributed by atoms with Gasteiger partial charge in [0.2, 0.25) is 0 Å². The highest BCUT2D eigenvalue weighted by Crippen LogP contribution is 2.30. The van der Waals surface area contributed by atoms with E-state index in [1.54, 1.807) is 6.07 Å². The number of Topliss-reactive ketones (excluding diaryl/α,β-unsaturated/α-hetero) is 1. The van der Waals surface area contributed by atoms with Crippen LogP contribution in [0.5, 0.6) is 5.75 Å². The molecule has 0 fully saturated rings. The van der Waals surface area contributed by atoms with Crippen molar-refractivity contribution in [1.29, 1.82) is 0 Å². The maximum atomic E-state index is 12.5. The van der Waals surface area contributed by atoms with Crippen LogP contribution in [-0.4, -0.2) is 27.3 Å². The molecule has 132 valence electrons. The Bertz CT molecular complexity index is 955. The summed E-state index contributed by atoms with van der Waals surface area (Å²) in [4.78, 5) is 22.8. The number of carbonyl (C=O) groups is 2. The van der Waals surface area contributed by atoms with Gasteiger partial charge in [0, 0.05) is 4.47 Å². The molecule has 0 aliphatic heterocycles. The number of ketones is 1. The summed E-state index contributed by atoms with van der Waals surface area (Å²) in [7, 11) is -3.12. The average Bonchev–Trinajstić information content (AvgIpc) is 2.54. The highest BCUT2D eigenvalue weighted by Gasteiger charge is 2.24. The van der Waals surface area contributed by atoms with Gasteiger partial charge in [0.25, 0.3) is 0 Å². The minimum atomic E-state index is -4.31. The molecule has 0 saturated carbocycles. The van der Waals surface area contributed by atoms with Crippen LogP contribution in [0, 0.1) is 0 Å². The number of rotatable bonds is 5. The van der Waals surface area contributed by atoms with E-state index in [2.05, 4.69) is 20.7 Å². The molecule has 0 aliphatic rings. The number of esters is 1. The molecule has 2 aromatic carbocycles. The first kappa shape index (κ1) is 19.4. The zero-order valence-electron chi connectivity index (χ0n) is 13.1. The molecular formula is C16H12BrClO6S. The van der Waals surface area contributed by atoms with Crippen LogP contribution in [0.2, 0.25) is 5.02 Å². The lowest BCUT2D eigenvalue weighted by atomic mass is 10.1. The Morgan fingerprint density at radius 2 is 1.80 bits per heavy atom. The molecule has 0 radical (unpaired) electrons. The Hall–Kier alpha value is -1.90. The van der Waals surface area contributed by atoms with Gasteiger partial charge in [0.15, 0.2) is 11.5 Å². The van der Waals surface area contributed by atoms with Gasteiger partial charge in [-0.25, -0.2) is 4.79 Å². The van der Waals surface area contributed by atoms with E-state index in [0.29, 0.717) is 4.47 Å². The number of halogens is 2. The van der Waals surface area contributed by atoms with E-state index < -0.39 is 16.1 Å². The van der Waals surface area contributed by atoms with Gasteiger partial charge in [-0.1, -0.05) is 27.5 Å². The molecule has 25 heavy (non-hydrogen) atoms. The van der Waals surface area contributed by atoms with Gasteiger partial charge in [-0.05, 0) is 43.3 Å². The molecular weight excluding hydrogens is 436 g/mol. The number of hydrogen-bond acceptors (Lipinski definition) is 6. The van der Waals surface area contributed by atoms with Crippen LogP contribution in [0.1, 0.15) is 27.6 Å². The first-order chi connectivity index (χ1) is 11.7. The van der Waals surface area contributed by atoms with E-state index in [1.165, 1.54) is 32.2 Å². The van der Waals surface area contributed by atoms with Gasteiger partial charge in [-0.2, -0.15) is 8.42 Å². The zero-order chi connectivity index (χ0) is 18.8. The maximum absolute atomic E-state index is 12.5. The summed E-state index contributed by atoms with van der Waals surface area (Å²) in [5.74, 6) is -1.14. The molecule has 0 amide bonds. The second-order valence-electron chi connectivity index (χ2n) is 4.87. The predicted molar refractivity (Wildman–Crippen MR) is 94.8 cm³/mol. The van der Waals surface area contributed by atoms with Crippen LogP contribution in [0.25, 0.3) is 0 Å². The minimum Gasteiger partial charge on any atom is -0.465 e. The van der Waals surface area contributed by atoms with E-state index in [4.69, 9.17) is 15.8 Å². The molecule has 0 unspecified atom stereocenters. The highest BCUT2D eigenvalue weighted by atomic mass is 79.9. The largest absolute Gasteiger partial charge is 0.465 e. The molecule has 0 aliphatic carbocycles. The summed E-state index contributed by atoms with van der Waals surface area (Å²) >= 11 is 9.17. The lowest BCUT2D eigenvalue weighted by molar-refractivity contribution is 0.0600. The lowest BCUT2D eigenvalue weighted by Gasteiger charge is -2.12. The number of ether oxygens (including phenoxy) is 1. The van der Waals surface area contributed by atoms with E-state index in [-0.39, 0.29) is 32.6 Å². The third-order valence-electron chi connectivity index (χ3n) is 3.14. The van der Waals surface area contributed by atoms with E-state index >= 15 is 0 Å². The fourth-order valence-corrected chi connectivity index (χ4v) is 3.79. The summed E-state index contributed by atoms with van der Waals surface area (Å²) in [6, 6.07) is 7.90.